The van der Waals surface area contributed by atoms with Crippen molar-refractivity contribution in [1.29, 1.82) is 0 Å². The zero-order chi connectivity index (χ0) is 14.1. The molecule has 0 unspecified atom stereocenters. The van der Waals surface area contributed by atoms with E-state index in [-0.39, 0.29) is 11.9 Å². The van der Waals surface area contributed by atoms with Crippen molar-refractivity contribution < 1.29 is 9.21 Å². The third kappa shape index (κ3) is 2.13. The maximum atomic E-state index is 12.8. The fourth-order valence-electron chi connectivity index (χ4n) is 2.99. The van der Waals surface area contributed by atoms with Gasteiger partial charge in [0.15, 0.2) is 0 Å². The molecule has 0 aliphatic carbocycles. The number of fused-ring (bicyclic) bond motifs is 1. The van der Waals surface area contributed by atoms with Gasteiger partial charge in [-0.25, -0.2) is 0 Å². The lowest BCUT2D eigenvalue weighted by atomic mass is 9.89. The Morgan fingerprint density at radius 2 is 2.10 bits per heavy atom. The summed E-state index contributed by atoms with van der Waals surface area (Å²) in [5.74, 6) is 0.462. The molecule has 0 N–H and O–H groups in total. The number of anilines is 1. The zero-order valence-electron chi connectivity index (χ0n) is 11.9. The van der Waals surface area contributed by atoms with Gasteiger partial charge in [-0.2, -0.15) is 0 Å². The van der Waals surface area contributed by atoms with Crippen LogP contribution < -0.4 is 4.90 Å². The number of carbonyl (C=O) groups excluding carboxylic acids is 1. The first kappa shape index (κ1) is 13.0. The van der Waals surface area contributed by atoms with Crippen LogP contribution in [0.1, 0.15) is 36.2 Å². The highest BCUT2D eigenvalue weighted by atomic mass is 16.3. The number of carbonyl (C=O) groups is 1. The van der Waals surface area contributed by atoms with Gasteiger partial charge in [0.25, 0.3) is 5.91 Å². The standard InChI is InChI=1S/C17H19NO2/c1-12(2)15-8-7-13-5-3-4-6-16(13)18(15)17(19)14-9-10-20-11-14/h3-6,9-12,15H,7-8H2,1-2H3/t15-/m1/s1. The summed E-state index contributed by atoms with van der Waals surface area (Å²) >= 11 is 0. The molecule has 0 saturated carbocycles. The Labute approximate surface area is 119 Å². The van der Waals surface area contributed by atoms with Crippen molar-refractivity contribution in [1.82, 2.24) is 0 Å². The minimum Gasteiger partial charge on any atom is -0.472 e. The Morgan fingerprint density at radius 1 is 1.30 bits per heavy atom. The Bertz CT molecular complexity index is 601. The van der Waals surface area contributed by atoms with Crippen molar-refractivity contribution in [2.75, 3.05) is 4.90 Å². The predicted molar refractivity (Wildman–Crippen MR) is 78.9 cm³/mol. The van der Waals surface area contributed by atoms with Crippen molar-refractivity contribution in [2.45, 2.75) is 32.7 Å². The summed E-state index contributed by atoms with van der Waals surface area (Å²) in [4.78, 5) is 14.8. The van der Waals surface area contributed by atoms with Gasteiger partial charge in [-0.05, 0) is 36.5 Å². The maximum absolute atomic E-state index is 12.8. The number of para-hydroxylation sites is 1. The van der Waals surface area contributed by atoms with Crippen molar-refractivity contribution >= 4 is 11.6 Å². The molecule has 1 aliphatic rings. The van der Waals surface area contributed by atoms with E-state index in [0.29, 0.717) is 11.5 Å². The van der Waals surface area contributed by atoms with Gasteiger partial charge in [0.1, 0.15) is 6.26 Å². The topological polar surface area (TPSA) is 33.5 Å². The van der Waals surface area contributed by atoms with Crippen LogP contribution >= 0.6 is 0 Å². The van der Waals surface area contributed by atoms with Crippen LogP contribution in [0.3, 0.4) is 0 Å². The van der Waals surface area contributed by atoms with Gasteiger partial charge in [-0.15, -0.1) is 0 Å². The van der Waals surface area contributed by atoms with Gasteiger partial charge < -0.3 is 9.32 Å². The number of hydrogen-bond acceptors (Lipinski definition) is 2. The van der Waals surface area contributed by atoms with Gasteiger partial charge in [0.2, 0.25) is 0 Å². The van der Waals surface area contributed by atoms with Crippen LogP contribution in [0.2, 0.25) is 0 Å². The average molecular weight is 269 g/mol. The molecule has 1 aromatic carbocycles. The van der Waals surface area contributed by atoms with Crippen LogP contribution in [0.4, 0.5) is 5.69 Å². The average Bonchev–Trinajstić information content (AvgIpc) is 2.99. The molecule has 1 aromatic heterocycles. The summed E-state index contributed by atoms with van der Waals surface area (Å²) in [6.45, 7) is 4.35. The quantitative estimate of drug-likeness (QED) is 0.828. The van der Waals surface area contributed by atoms with Crippen molar-refractivity contribution in [3.63, 3.8) is 0 Å². The van der Waals surface area contributed by atoms with E-state index in [9.17, 15) is 4.79 Å². The number of benzene rings is 1. The molecule has 1 atom stereocenters. The summed E-state index contributed by atoms with van der Waals surface area (Å²) < 4.78 is 5.06. The number of nitrogens with zero attached hydrogens (tertiary/aromatic N) is 1. The van der Waals surface area contributed by atoms with Crippen LogP contribution in [-0.2, 0) is 6.42 Å². The van der Waals surface area contributed by atoms with Gasteiger partial charge in [0.05, 0.1) is 11.8 Å². The summed E-state index contributed by atoms with van der Waals surface area (Å²) in [6, 6.07) is 10.2. The van der Waals surface area contributed by atoms with Crippen molar-refractivity contribution in [3.05, 3.63) is 54.0 Å². The molecule has 0 saturated heterocycles. The number of furan rings is 1. The van der Waals surface area contributed by atoms with E-state index in [2.05, 4.69) is 19.9 Å². The molecule has 104 valence electrons. The highest BCUT2D eigenvalue weighted by Gasteiger charge is 2.33. The second kappa shape index (κ2) is 5.16. The Hall–Kier alpha value is -2.03. The SMILES string of the molecule is CC(C)[C@H]1CCc2ccccc2N1C(=O)c1ccoc1. The van der Waals surface area contributed by atoms with Crippen LogP contribution in [0.25, 0.3) is 0 Å². The molecule has 3 rings (SSSR count). The van der Waals surface area contributed by atoms with E-state index in [4.69, 9.17) is 4.42 Å². The van der Waals surface area contributed by atoms with E-state index in [1.165, 1.54) is 11.8 Å². The Morgan fingerprint density at radius 3 is 2.80 bits per heavy atom. The summed E-state index contributed by atoms with van der Waals surface area (Å²) in [5.41, 5.74) is 2.91. The molecule has 2 heterocycles. The smallest absolute Gasteiger partial charge is 0.261 e. The highest BCUT2D eigenvalue weighted by molar-refractivity contribution is 6.07. The molecule has 3 heteroatoms. The normalized spacial score (nSPS) is 18.1. The van der Waals surface area contributed by atoms with E-state index in [0.717, 1.165) is 18.5 Å². The molecule has 2 aromatic rings. The molecule has 1 amide bonds. The summed E-state index contributed by atoms with van der Waals surface area (Å²) in [5, 5.41) is 0. The second-order valence-electron chi connectivity index (χ2n) is 5.67. The molecular formula is C17H19NO2. The van der Waals surface area contributed by atoms with Gasteiger partial charge in [0, 0.05) is 11.7 Å². The van der Waals surface area contributed by atoms with Gasteiger partial charge >= 0.3 is 0 Å². The zero-order valence-corrected chi connectivity index (χ0v) is 11.9. The second-order valence-corrected chi connectivity index (χ2v) is 5.67. The number of hydrogen-bond donors (Lipinski definition) is 0. The van der Waals surface area contributed by atoms with Crippen molar-refractivity contribution in [3.8, 4) is 0 Å². The number of amides is 1. The molecule has 0 fully saturated rings. The lowest BCUT2D eigenvalue weighted by Crippen LogP contribution is -2.46. The largest absolute Gasteiger partial charge is 0.472 e. The molecule has 20 heavy (non-hydrogen) atoms. The molecule has 0 radical (unpaired) electrons. The van der Waals surface area contributed by atoms with Crippen molar-refractivity contribution in [2.24, 2.45) is 5.92 Å². The van der Waals surface area contributed by atoms with Gasteiger partial charge in [-0.3, -0.25) is 4.79 Å². The first-order chi connectivity index (χ1) is 9.68. The van der Waals surface area contributed by atoms with Crippen LogP contribution in [0, 0.1) is 5.92 Å². The molecule has 0 bridgehead atoms. The lowest BCUT2D eigenvalue weighted by Gasteiger charge is -2.39. The van der Waals surface area contributed by atoms with E-state index >= 15 is 0 Å². The Balaban J connectivity index is 2.05. The predicted octanol–water partition coefficient (Wildman–Crippen LogP) is 3.90. The summed E-state index contributed by atoms with van der Waals surface area (Å²) in [6.07, 6.45) is 5.12. The van der Waals surface area contributed by atoms with Crippen LogP contribution in [0.15, 0.2) is 47.3 Å². The molecule has 3 nitrogen and oxygen atoms in total. The first-order valence-corrected chi connectivity index (χ1v) is 7.12. The monoisotopic (exact) mass is 269 g/mol. The van der Waals surface area contributed by atoms with E-state index in [1.54, 1.807) is 12.3 Å². The first-order valence-electron chi connectivity index (χ1n) is 7.12. The van der Waals surface area contributed by atoms with Crippen LogP contribution in [-0.4, -0.2) is 11.9 Å². The van der Waals surface area contributed by atoms with Gasteiger partial charge in [-0.1, -0.05) is 32.0 Å². The summed E-state index contributed by atoms with van der Waals surface area (Å²) in [7, 11) is 0. The minimum absolute atomic E-state index is 0.0320. The van der Waals surface area contributed by atoms with E-state index < -0.39 is 0 Å². The molecule has 1 aliphatic heterocycles. The fraction of sp³-hybridized carbons (Fsp3) is 0.353. The van der Waals surface area contributed by atoms with E-state index in [1.807, 2.05) is 23.1 Å². The maximum Gasteiger partial charge on any atom is 0.261 e. The number of rotatable bonds is 2. The Kier molecular flexibility index (Phi) is 3.35. The van der Waals surface area contributed by atoms with Crippen LogP contribution in [0.5, 0.6) is 0 Å². The highest BCUT2D eigenvalue weighted by Crippen LogP contribution is 2.34. The molecular weight excluding hydrogens is 250 g/mol. The lowest BCUT2D eigenvalue weighted by molar-refractivity contribution is 0.0964. The minimum atomic E-state index is 0.0320. The third-order valence-corrected chi connectivity index (χ3v) is 4.05. The molecule has 0 spiro atoms. The fourth-order valence-corrected chi connectivity index (χ4v) is 2.99. The number of aryl methyl sites for hydroxylation is 1. The third-order valence-electron chi connectivity index (χ3n) is 4.05.